The molecule has 0 spiro atoms. The van der Waals surface area contributed by atoms with E-state index >= 15 is 0 Å². The van der Waals surface area contributed by atoms with Gasteiger partial charge in [0.05, 0.1) is 11.5 Å². The summed E-state index contributed by atoms with van der Waals surface area (Å²) in [5.74, 6) is -0.422. The van der Waals surface area contributed by atoms with Gasteiger partial charge in [-0.3, -0.25) is 10.1 Å². The summed E-state index contributed by atoms with van der Waals surface area (Å²) in [6.45, 7) is 4.47. The molecule has 0 amide bonds. The Kier molecular flexibility index (Phi) is 3.60. The summed E-state index contributed by atoms with van der Waals surface area (Å²) < 4.78 is 18.0. The van der Waals surface area contributed by atoms with Crippen molar-refractivity contribution in [2.75, 3.05) is 6.61 Å². The Bertz CT molecular complexity index is 379. The maximum atomic E-state index is 13.0. The molecule has 82 valence electrons. The molecule has 1 aromatic carbocycles. The summed E-state index contributed by atoms with van der Waals surface area (Å²) in [7, 11) is 0. The Morgan fingerprint density at radius 3 is 2.73 bits per heavy atom. The molecule has 0 bridgehead atoms. The fraction of sp³-hybridized carbons (Fsp3) is 0.400. The summed E-state index contributed by atoms with van der Waals surface area (Å²) in [5, 5.41) is 10.3. The molecule has 15 heavy (non-hydrogen) atoms. The van der Waals surface area contributed by atoms with Crippen LogP contribution < -0.4 is 4.74 Å². The Morgan fingerprint density at radius 1 is 1.47 bits per heavy atom. The van der Waals surface area contributed by atoms with Gasteiger partial charge < -0.3 is 4.74 Å². The molecule has 1 aliphatic rings. The van der Waals surface area contributed by atoms with Crippen molar-refractivity contribution in [2.45, 2.75) is 20.3 Å². The number of hydrogen-bond donors (Lipinski definition) is 0. The number of benzene rings is 1. The van der Waals surface area contributed by atoms with E-state index in [0.29, 0.717) is 24.3 Å². The standard InChI is InChI=1S/C8H6FNO3.C2H6/c9-6-4-8-5(1-2-13-8)3-7(6)10(11)12;1-2/h3-4H,1-2H2;1-2H3. The molecule has 0 saturated heterocycles. The normalized spacial score (nSPS) is 12.2. The van der Waals surface area contributed by atoms with Gasteiger partial charge in [-0.1, -0.05) is 13.8 Å². The maximum absolute atomic E-state index is 13.0. The maximum Gasteiger partial charge on any atom is 0.305 e. The van der Waals surface area contributed by atoms with Crippen LogP contribution in [0.4, 0.5) is 10.1 Å². The Balaban J connectivity index is 0.000000531. The van der Waals surface area contributed by atoms with Gasteiger partial charge in [-0.2, -0.15) is 4.39 Å². The minimum Gasteiger partial charge on any atom is -0.493 e. The Morgan fingerprint density at radius 2 is 2.13 bits per heavy atom. The van der Waals surface area contributed by atoms with Crippen LogP contribution in [0.5, 0.6) is 5.75 Å². The highest BCUT2D eigenvalue weighted by atomic mass is 19.1. The summed E-state index contributed by atoms with van der Waals surface area (Å²) in [4.78, 5) is 9.62. The highest BCUT2D eigenvalue weighted by Crippen LogP contribution is 2.31. The predicted octanol–water partition coefficient (Wildman–Crippen LogP) is 2.70. The van der Waals surface area contributed by atoms with E-state index in [1.54, 1.807) is 0 Å². The van der Waals surface area contributed by atoms with Crippen molar-refractivity contribution in [3.63, 3.8) is 0 Å². The third-order valence-electron chi connectivity index (χ3n) is 1.96. The lowest BCUT2D eigenvalue weighted by Gasteiger charge is -1.98. The number of nitro benzene ring substituents is 1. The Labute approximate surface area is 86.8 Å². The van der Waals surface area contributed by atoms with Crippen molar-refractivity contribution in [3.05, 3.63) is 33.6 Å². The van der Waals surface area contributed by atoms with Gasteiger partial charge in [0.15, 0.2) is 0 Å². The summed E-state index contributed by atoms with van der Waals surface area (Å²) >= 11 is 0. The first-order chi connectivity index (χ1) is 7.18. The van der Waals surface area contributed by atoms with Crippen LogP contribution in [0.1, 0.15) is 19.4 Å². The molecule has 0 saturated carbocycles. The molecular weight excluding hydrogens is 201 g/mol. The van der Waals surface area contributed by atoms with Gasteiger partial charge >= 0.3 is 5.69 Å². The molecule has 1 aliphatic heterocycles. The van der Waals surface area contributed by atoms with Gasteiger partial charge in [0, 0.05) is 24.1 Å². The van der Waals surface area contributed by atoms with Crippen molar-refractivity contribution in [1.82, 2.24) is 0 Å². The van der Waals surface area contributed by atoms with Crippen molar-refractivity contribution in [2.24, 2.45) is 0 Å². The molecular formula is C10H12FNO3. The third kappa shape index (κ3) is 2.23. The number of hydrogen-bond acceptors (Lipinski definition) is 3. The molecule has 2 rings (SSSR count). The monoisotopic (exact) mass is 213 g/mol. The molecule has 0 aliphatic carbocycles. The van der Waals surface area contributed by atoms with Crippen molar-refractivity contribution >= 4 is 5.69 Å². The highest BCUT2D eigenvalue weighted by Gasteiger charge is 2.21. The van der Waals surface area contributed by atoms with E-state index in [9.17, 15) is 14.5 Å². The van der Waals surface area contributed by atoms with Crippen LogP contribution in [-0.2, 0) is 6.42 Å². The second-order valence-corrected chi connectivity index (χ2v) is 2.77. The zero-order valence-electron chi connectivity index (χ0n) is 8.62. The molecule has 5 heteroatoms. The van der Waals surface area contributed by atoms with Crippen LogP contribution in [0.2, 0.25) is 0 Å². The lowest BCUT2D eigenvalue weighted by Crippen LogP contribution is -1.93. The fourth-order valence-corrected chi connectivity index (χ4v) is 1.33. The van der Waals surface area contributed by atoms with E-state index < -0.39 is 16.4 Å². The minimum atomic E-state index is -0.842. The minimum absolute atomic E-state index is 0.420. The molecule has 0 atom stereocenters. The van der Waals surface area contributed by atoms with Crippen LogP contribution in [0.25, 0.3) is 0 Å². The van der Waals surface area contributed by atoms with Crippen LogP contribution in [-0.4, -0.2) is 11.5 Å². The van der Waals surface area contributed by atoms with E-state index in [2.05, 4.69) is 0 Å². The van der Waals surface area contributed by atoms with Gasteiger partial charge in [0.1, 0.15) is 5.75 Å². The van der Waals surface area contributed by atoms with Gasteiger partial charge in [0.2, 0.25) is 5.82 Å². The molecule has 0 radical (unpaired) electrons. The number of ether oxygens (including phenoxy) is 1. The van der Waals surface area contributed by atoms with Crippen LogP contribution >= 0.6 is 0 Å². The first-order valence-corrected chi connectivity index (χ1v) is 4.78. The van der Waals surface area contributed by atoms with Gasteiger partial charge in [0.25, 0.3) is 0 Å². The molecule has 0 N–H and O–H groups in total. The number of rotatable bonds is 1. The molecule has 4 nitrogen and oxygen atoms in total. The largest absolute Gasteiger partial charge is 0.493 e. The number of halogens is 1. The lowest BCUT2D eigenvalue weighted by molar-refractivity contribution is -0.387. The predicted molar refractivity (Wildman–Crippen MR) is 53.6 cm³/mol. The number of fused-ring (bicyclic) bond motifs is 1. The molecule has 0 aromatic heterocycles. The average molecular weight is 213 g/mol. The summed E-state index contributed by atoms with van der Waals surface area (Å²) in [6, 6.07) is 2.30. The highest BCUT2D eigenvalue weighted by molar-refractivity contribution is 5.46. The van der Waals surface area contributed by atoms with E-state index in [1.807, 2.05) is 13.8 Å². The summed E-state index contributed by atoms with van der Waals surface area (Å²) in [5.41, 5.74) is 0.220. The quantitative estimate of drug-likeness (QED) is 0.532. The SMILES string of the molecule is CC.O=[N+]([O-])c1cc2c(cc1F)OCC2. The molecule has 0 unspecified atom stereocenters. The number of nitrogens with zero attached hydrogens (tertiary/aromatic N) is 1. The van der Waals surface area contributed by atoms with E-state index in [1.165, 1.54) is 6.07 Å². The van der Waals surface area contributed by atoms with Crippen LogP contribution in [0.15, 0.2) is 12.1 Å². The van der Waals surface area contributed by atoms with E-state index in [0.717, 1.165) is 6.07 Å². The average Bonchev–Trinajstić information content (AvgIpc) is 2.66. The Hall–Kier alpha value is -1.65. The molecule has 1 aromatic rings. The van der Waals surface area contributed by atoms with E-state index in [4.69, 9.17) is 4.74 Å². The van der Waals surface area contributed by atoms with Crippen molar-refractivity contribution in [1.29, 1.82) is 0 Å². The molecule has 1 heterocycles. The fourth-order valence-electron chi connectivity index (χ4n) is 1.33. The van der Waals surface area contributed by atoms with Crippen molar-refractivity contribution < 1.29 is 14.1 Å². The third-order valence-corrected chi connectivity index (χ3v) is 1.96. The smallest absolute Gasteiger partial charge is 0.305 e. The van der Waals surface area contributed by atoms with Gasteiger partial charge in [-0.15, -0.1) is 0 Å². The lowest BCUT2D eigenvalue weighted by atomic mass is 10.1. The first kappa shape index (κ1) is 11.4. The van der Waals surface area contributed by atoms with Gasteiger partial charge in [-0.05, 0) is 0 Å². The second-order valence-electron chi connectivity index (χ2n) is 2.77. The number of nitro groups is 1. The zero-order valence-corrected chi connectivity index (χ0v) is 8.62. The van der Waals surface area contributed by atoms with Crippen LogP contribution in [0.3, 0.4) is 0 Å². The second kappa shape index (κ2) is 4.72. The molecule has 0 fully saturated rings. The van der Waals surface area contributed by atoms with Crippen LogP contribution in [0, 0.1) is 15.9 Å². The van der Waals surface area contributed by atoms with E-state index in [-0.39, 0.29) is 0 Å². The zero-order chi connectivity index (χ0) is 11.4. The van der Waals surface area contributed by atoms with Crippen molar-refractivity contribution in [3.8, 4) is 5.75 Å². The first-order valence-electron chi connectivity index (χ1n) is 4.78. The van der Waals surface area contributed by atoms with Gasteiger partial charge in [-0.25, -0.2) is 0 Å². The topological polar surface area (TPSA) is 52.4 Å². The summed E-state index contributed by atoms with van der Waals surface area (Å²) in [6.07, 6.45) is 0.608.